The summed E-state index contributed by atoms with van der Waals surface area (Å²) in [7, 11) is 3.20. The van der Waals surface area contributed by atoms with Crippen LogP contribution in [-0.4, -0.2) is 36.1 Å². The van der Waals surface area contributed by atoms with Gasteiger partial charge in [0, 0.05) is 20.4 Å². The summed E-state index contributed by atoms with van der Waals surface area (Å²) in [6, 6.07) is 0. The molecule has 6 nitrogen and oxygen atoms in total. The summed E-state index contributed by atoms with van der Waals surface area (Å²) in [5, 5.41) is 0. The molecule has 0 atom stereocenters. The lowest BCUT2D eigenvalue weighted by molar-refractivity contribution is 0.0657. The normalized spacial score (nSPS) is 10.8. The summed E-state index contributed by atoms with van der Waals surface area (Å²) in [4.78, 5) is 23.4. The first kappa shape index (κ1) is 14.4. The van der Waals surface area contributed by atoms with Gasteiger partial charge in [-0.15, -0.1) is 0 Å². The van der Waals surface area contributed by atoms with Crippen molar-refractivity contribution in [1.82, 2.24) is 9.13 Å². The van der Waals surface area contributed by atoms with Crippen LogP contribution < -0.4 is 11.2 Å². The highest BCUT2D eigenvalue weighted by atomic mass is 127. The molecular formula is C10H15IN2O4. The van der Waals surface area contributed by atoms with Crippen LogP contribution in [0.3, 0.4) is 0 Å². The van der Waals surface area contributed by atoms with Gasteiger partial charge in [0.2, 0.25) is 0 Å². The summed E-state index contributed by atoms with van der Waals surface area (Å²) < 4.78 is 13.1. The highest BCUT2D eigenvalue weighted by Gasteiger charge is 2.07. The topological polar surface area (TPSA) is 62.5 Å². The maximum absolute atomic E-state index is 11.7. The van der Waals surface area contributed by atoms with E-state index in [1.165, 1.54) is 15.3 Å². The van der Waals surface area contributed by atoms with Gasteiger partial charge in [-0.05, 0) is 22.6 Å². The summed E-state index contributed by atoms with van der Waals surface area (Å²) in [5.74, 6) is 0. The lowest BCUT2D eigenvalue weighted by Crippen LogP contribution is -2.40. The number of aryl methyl sites for hydroxylation is 1. The quantitative estimate of drug-likeness (QED) is 0.525. The van der Waals surface area contributed by atoms with E-state index in [1.54, 1.807) is 14.2 Å². The SMILES string of the molecule is COCCOCCn1c(=O)c(I)cn(C)c1=O. The smallest absolute Gasteiger partial charge is 0.330 e. The van der Waals surface area contributed by atoms with E-state index in [4.69, 9.17) is 9.47 Å². The molecule has 0 fully saturated rings. The number of aromatic nitrogens is 2. The number of hydrogen-bond acceptors (Lipinski definition) is 4. The van der Waals surface area contributed by atoms with Crippen molar-refractivity contribution in [3.05, 3.63) is 30.6 Å². The average Bonchev–Trinajstić information content (AvgIpc) is 2.30. The Morgan fingerprint density at radius 2 is 2.00 bits per heavy atom. The van der Waals surface area contributed by atoms with Crippen molar-refractivity contribution in [2.75, 3.05) is 26.9 Å². The van der Waals surface area contributed by atoms with Crippen molar-refractivity contribution in [3.63, 3.8) is 0 Å². The second-order valence-electron chi connectivity index (χ2n) is 3.43. The van der Waals surface area contributed by atoms with E-state index >= 15 is 0 Å². The Balaban J connectivity index is 2.71. The van der Waals surface area contributed by atoms with Crippen molar-refractivity contribution in [2.24, 2.45) is 7.05 Å². The van der Waals surface area contributed by atoms with Gasteiger partial charge in [0.05, 0.1) is 29.9 Å². The zero-order valence-corrected chi connectivity index (χ0v) is 12.0. The largest absolute Gasteiger partial charge is 0.382 e. The molecule has 17 heavy (non-hydrogen) atoms. The highest BCUT2D eigenvalue weighted by molar-refractivity contribution is 14.1. The van der Waals surface area contributed by atoms with Crippen molar-refractivity contribution in [3.8, 4) is 0 Å². The minimum Gasteiger partial charge on any atom is -0.382 e. The zero-order chi connectivity index (χ0) is 12.8. The van der Waals surface area contributed by atoms with Crippen molar-refractivity contribution < 1.29 is 9.47 Å². The second-order valence-corrected chi connectivity index (χ2v) is 4.59. The van der Waals surface area contributed by atoms with Crippen molar-refractivity contribution >= 4 is 22.6 Å². The Morgan fingerprint density at radius 3 is 2.65 bits per heavy atom. The number of methoxy groups -OCH3 is 1. The number of nitrogens with zero attached hydrogens (tertiary/aromatic N) is 2. The van der Waals surface area contributed by atoms with Crippen LogP contribution in [0.5, 0.6) is 0 Å². The lowest BCUT2D eigenvalue weighted by atomic mass is 10.5. The van der Waals surface area contributed by atoms with Crippen LogP contribution in [0.15, 0.2) is 15.8 Å². The van der Waals surface area contributed by atoms with E-state index < -0.39 is 0 Å². The Morgan fingerprint density at radius 1 is 1.29 bits per heavy atom. The number of halogens is 1. The number of hydrogen-bond donors (Lipinski definition) is 0. The van der Waals surface area contributed by atoms with E-state index in [9.17, 15) is 9.59 Å². The molecule has 1 rings (SSSR count). The molecule has 0 aliphatic rings. The number of ether oxygens (including phenoxy) is 2. The van der Waals surface area contributed by atoms with E-state index in [1.807, 2.05) is 22.6 Å². The molecule has 1 aromatic rings. The van der Waals surface area contributed by atoms with Crippen LogP contribution >= 0.6 is 22.6 Å². The van der Waals surface area contributed by atoms with Crippen molar-refractivity contribution in [1.29, 1.82) is 0 Å². The van der Waals surface area contributed by atoms with Gasteiger partial charge in [-0.1, -0.05) is 0 Å². The molecule has 96 valence electrons. The molecule has 1 aromatic heterocycles. The predicted octanol–water partition coefficient (Wildman–Crippen LogP) is -0.185. The predicted molar refractivity (Wildman–Crippen MR) is 71.4 cm³/mol. The van der Waals surface area contributed by atoms with E-state index in [-0.39, 0.29) is 17.8 Å². The van der Waals surface area contributed by atoms with E-state index in [0.29, 0.717) is 23.4 Å². The molecule has 0 saturated carbocycles. The highest BCUT2D eigenvalue weighted by Crippen LogP contribution is 1.92. The second kappa shape index (κ2) is 6.92. The Bertz CT molecular complexity index is 446. The minimum absolute atomic E-state index is 0.256. The van der Waals surface area contributed by atoms with Gasteiger partial charge >= 0.3 is 5.69 Å². The van der Waals surface area contributed by atoms with Gasteiger partial charge in [0.25, 0.3) is 5.56 Å². The molecule has 1 heterocycles. The lowest BCUT2D eigenvalue weighted by Gasteiger charge is -2.08. The molecule has 0 unspecified atom stereocenters. The van der Waals surface area contributed by atoms with Crippen LogP contribution in [0.2, 0.25) is 0 Å². The summed E-state index contributed by atoms with van der Waals surface area (Å²) >= 11 is 1.91. The fourth-order valence-corrected chi connectivity index (χ4v) is 1.99. The molecular weight excluding hydrogens is 339 g/mol. The van der Waals surface area contributed by atoms with Gasteiger partial charge < -0.3 is 14.0 Å². The first-order valence-electron chi connectivity index (χ1n) is 5.10. The Labute approximate surface area is 112 Å². The van der Waals surface area contributed by atoms with Gasteiger partial charge in [-0.25, -0.2) is 4.79 Å². The molecule has 0 radical (unpaired) electrons. The van der Waals surface area contributed by atoms with Crippen LogP contribution in [0.1, 0.15) is 0 Å². The van der Waals surface area contributed by atoms with Crippen LogP contribution in [-0.2, 0) is 23.1 Å². The molecule has 0 aromatic carbocycles. The van der Waals surface area contributed by atoms with E-state index in [2.05, 4.69) is 0 Å². The third-order valence-corrected chi connectivity index (χ3v) is 2.92. The molecule has 0 spiro atoms. The molecule has 0 saturated heterocycles. The summed E-state index contributed by atoms with van der Waals surface area (Å²) in [6.07, 6.45) is 1.52. The van der Waals surface area contributed by atoms with Gasteiger partial charge in [-0.2, -0.15) is 0 Å². The maximum Gasteiger partial charge on any atom is 0.330 e. The van der Waals surface area contributed by atoms with Crippen molar-refractivity contribution in [2.45, 2.75) is 6.54 Å². The molecule has 7 heteroatoms. The van der Waals surface area contributed by atoms with Gasteiger partial charge in [0.1, 0.15) is 0 Å². The summed E-state index contributed by atoms with van der Waals surface area (Å²) in [6.45, 7) is 1.53. The molecule has 0 aliphatic carbocycles. The van der Waals surface area contributed by atoms with Gasteiger partial charge in [0.15, 0.2) is 0 Å². The molecule has 0 bridgehead atoms. The third kappa shape index (κ3) is 3.93. The van der Waals surface area contributed by atoms with Crippen LogP contribution in [0.25, 0.3) is 0 Å². The number of rotatable bonds is 6. The fraction of sp³-hybridized carbons (Fsp3) is 0.600. The molecule has 0 aliphatic heterocycles. The monoisotopic (exact) mass is 354 g/mol. The summed E-state index contributed by atoms with van der Waals surface area (Å²) in [5.41, 5.74) is -0.602. The maximum atomic E-state index is 11.7. The Kier molecular flexibility index (Phi) is 5.86. The van der Waals surface area contributed by atoms with E-state index in [0.717, 1.165) is 0 Å². The fourth-order valence-electron chi connectivity index (χ4n) is 1.28. The average molecular weight is 354 g/mol. The minimum atomic E-state index is -0.328. The molecule has 0 N–H and O–H groups in total. The first-order chi connectivity index (χ1) is 8.07. The zero-order valence-electron chi connectivity index (χ0n) is 9.81. The Hall–Kier alpha value is -0.670. The third-order valence-electron chi connectivity index (χ3n) is 2.18. The standard InChI is InChI=1S/C10H15IN2O4/c1-12-7-8(11)9(14)13(10(12)15)3-4-17-6-5-16-2/h7H,3-6H2,1-2H3. The molecule has 0 amide bonds. The first-order valence-corrected chi connectivity index (χ1v) is 6.18. The van der Waals surface area contributed by atoms with Crippen LogP contribution in [0, 0.1) is 3.57 Å². The van der Waals surface area contributed by atoms with Gasteiger partial charge in [-0.3, -0.25) is 9.36 Å². The van der Waals surface area contributed by atoms with Crippen LogP contribution in [0.4, 0.5) is 0 Å².